The van der Waals surface area contributed by atoms with E-state index in [0.29, 0.717) is 0 Å². The van der Waals surface area contributed by atoms with Crippen LogP contribution in [0.2, 0.25) is 0 Å². The van der Waals surface area contributed by atoms with Crippen LogP contribution in [-0.2, 0) is 9.59 Å². The fraction of sp³-hybridized carbons (Fsp3) is 0.875. The normalized spacial score (nSPS) is 21.4. The number of hydrogen-bond acceptors (Lipinski definition) is 4. The molecule has 0 aromatic carbocycles. The summed E-state index contributed by atoms with van der Waals surface area (Å²) in [6, 6.07) is -1.08. The van der Waals surface area contributed by atoms with Gasteiger partial charge in [0.15, 0.2) is 0 Å². The van der Waals surface area contributed by atoms with Crippen molar-refractivity contribution in [2.24, 2.45) is 11.8 Å². The second-order valence-corrected chi connectivity index (χ2v) is 6.74. The highest BCUT2D eigenvalue weighted by molar-refractivity contribution is 5.87. The molecule has 0 saturated carbocycles. The van der Waals surface area contributed by atoms with Crippen molar-refractivity contribution in [2.75, 3.05) is 33.2 Å². The SMILES string of the molecule is CCC(C)C(NC(=O)C(C(C)C)N1CCN(C)CC1)C(=O)O. The Bertz CT molecular complexity index is 379. The molecule has 0 bridgehead atoms. The van der Waals surface area contributed by atoms with Gasteiger partial charge in [0.05, 0.1) is 6.04 Å². The molecule has 2 N–H and O–H groups in total. The minimum Gasteiger partial charge on any atom is -0.480 e. The van der Waals surface area contributed by atoms with E-state index >= 15 is 0 Å². The van der Waals surface area contributed by atoms with Gasteiger partial charge in [-0.1, -0.05) is 34.1 Å². The smallest absolute Gasteiger partial charge is 0.326 e. The molecular weight excluding hydrogens is 282 g/mol. The summed E-state index contributed by atoms with van der Waals surface area (Å²) in [5, 5.41) is 12.1. The zero-order chi connectivity index (χ0) is 16.9. The third kappa shape index (κ3) is 4.95. The van der Waals surface area contributed by atoms with Crippen molar-refractivity contribution < 1.29 is 14.7 Å². The molecule has 1 aliphatic heterocycles. The van der Waals surface area contributed by atoms with Crippen LogP contribution in [0.5, 0.6) is 0 Å². The third-order valence-electron chi connectivity index (χ3n) is 4.61. The number of carboxylic acids is 1. The molecule has 0 spiro atoms. The van der Waals surface area contributed by atoms with Crippen LogP contribution in [0.4, 0.5) is 0 Å². The van der Waals surface area contributed by atoms with Crippen molar-refractivity contribution in [3.8, 4) is 0 Å². The molecule has 1 aliphatic rings. The summed E-state index contributed by atoms with van der Waals surface area (Å²) in [5.41, 5.74) is 0. The minimum atomic E-state index is -0.955. The maximum atomic E-state index is 12.7. The lowest BCUT2D eigenvalue weighted by Gasteiger charge is -2.39. The molecule has 1 rings (SSSR count). The summed E-state index contributed by atoms with van der Waals surface area (Å²) in [7, 11) is 2.07. The first-order chi connectivity index (χ1) is 10.3. The third-order valence-corrected chi connectivity index (χ3v) is 4.61. The Morgan fingerprint density at radius 2 is 1.68 bits per heavy atom. The minimum absolute atomic E-state index is 0.0817. The van der Waals surface area contributed by atoms with Crippen molar-refractivity contribution in [1.29, 1.82) is 0 Å². The molecule has 1 heterocycles. The van der Waals surface area contributed by atoms with Crippen molar-refractivity contribution in [3.63, 3.8) is 0 Å². The van der Waals surface area contributed by atoms with Gasteiger partial charge < -0.3 is 15.3 Å². The predicted molar refractivity (Wildman–Crippen MR) is 86.7 cm³/mol. The first-order valence-electron chi connectivity index (χ1n) is 8.23. The number of carboxylic acid groups (broad SMARTS) is 1. The van der Waals surface area contributed by atoms with Crippen molar-refractivity contribution in [2.45, 2.75) is 46.2 Å². The van der Waals surface area contributed by atoms with E-state index in [9.17, 15) is 14.7 Å². The van der Waals surface area contributed by atoms with E-state index in [2.05, 4.69) is 22.2 Å². The second-order valence-electron chi connectivity index (χ2n) is 6.74. The summed E-state index contributed by atoms with van der Waals surface area (Å²) >= 11 is 0. The molecule has 0 aliphatic carbocycles. The van der Waals surface area contributed by atoms with Gasteiger partial charge in [-0.25, -0.2) is 4.79 Å². The first-order valence-corrected chi connectivity index (χ1v) is 8.23. The molecule has 0 aromatic rings. The van der Waals surface area contributed by atoms with E-state index in [4.69, 9.17) is 0 Å². The highest BCUT2D eigenvalue weighted by Crippen LogP contribution is 2.15. The van der Waals surface area contributed by atoms with Gasteiger partial charge in [0, 0.05) is 26.2 Å². The average molecular weight is 313 g/mol. The van der Waals surface area contributed by atoms with Crippen LogP contribution in [0.15, 0.2) is 0 Å². The molecule has 3 unspecified atom stereocenters. The number of carbonyl (C=O) groups excluding carboxylic acids is 1. The second kappa shape index (κ2) is 8.48. The topological polar surface area (TPSA) is 72.9 Å². The lowest BCUT2D eigenvalue weighted by Crippen LogP contribution is -2.58. The Kier molecular flexibility index (Phi) is 7.29. The van der Waals surface area contributed by atoms with Crippen LogP contribution in [0.25, 0.3) is 0 Å². The highest BCUT2D eigenvalue weighted by Gasteiger charge is 2.34. The molecule has 128 valence electrons. The fourth-order valence-electron chi connectivity index (χ4n) is 2.91. The van der Waals surface area contributed by atoms with Gasteiger partial charge in [0.25, 0.3) is 0 Å². The summed E-state index contributed by atoms with van der Waals surface area (Å²) in [4.78, 5) is 28.5. The Balaban J connectivity index is 2.78. The lowest BCUT2D eigenvalue weighted by atomic mass is 9.96. The number of rotatable bonds is 7. The van der Waals surface area contributed by atoms with E-state index in [1.165, 1.54) is 0 Å². The number of piperazine rings is 1. The number of nitrogens with zero attached hydrogens (tertiary/aromatic N) is 2. The largest absolute Gasteiger partial charge is 0.480 e. The molecular formula is C16H31N3O3. The molecule has 1 fully saturated rings. The van der Waals surface area contributed by atoms with Gasteiger partial charge in [-0.15, -0.1) is 0 Å². The van der Waals surface area contributed by atoms with Crippen molar-refractivity contribution >= 4 is 11.9 Å². The molecule has 22 heavy (non-hydrogen) atoms. The van der Waals surface area contributed by atoms with Crippen LogP contribution in [0, 0.1) is 11.8 Å². The highest BCUT2D eigenvalue weighted by atomic mass is 16.4. The van der Waals surface area contributed by atoms with E-state index in [1.54, 1.807) is 0 Å². The number of aliphatic carboxylic acids is 1. The summed E-state index contributed by atoms with van der Waals surface area (Å²) in [6.45, 7) is 11.4. The van der Waals surface area contributed by atoms with Crippen LogP contribution in [0.1, 0.15) is 34.1 Å². The Hall–Kier alpha value is -1.14. The Morgan fingerprint density at radius 1 is 1.14 bits per heavy atom. The number of nitrogens with one attached hydrogen (secondary N) is 1. The maximum Gasteiger partial charge on any atom is 0.326 e. The number of likely N-dealkylation sites (N-methyl/N-ethyl adjacent to an activating group) is 1. The van der Waals surface area contributed by atoms with Crippen LogP contribution in [0.3, 0.4) is 0 Å². The monoisotopic (exact) mass is 313 g/mol. The van der Waals surface area contributed by atoms with Gasteiger partial charge in [-0.05, 0) is 18.9 Å². The van der Waals surface area contributed by atoms with Gasteiger partial charge in [0.2, 0.25) is 5.91 Å². The van der Waals surface area contributed by atoms with Crippen LogP contribution >= 0.6 is 0 Å². The number of hydrogen-bond donors (Lipinski definition) is 2. The van der Waals surface area contributed by atoms with Gasteiger partial charge in [-0.3, -0.25) is 9.69 Å². The maximum absolute atomic E-state index is 12.7. The van der Waals surface area contributed by atoms with Gasteiger partial charge in [-0.2, -0.15) is 0 Å². The lowest BCUT2D eigenvalue weighted by molar-refractivity contribution is -0.144. The van der Waals surface area contributed by atoms with Crippen molar-refractivity contribution in [1.82, 2.24) is 15.1 Å². The molecule has 6 nitrogen and oxygen atoms in total. The van der Waals surface area contributed by atoms with Gasteiger partial charge in [0.1, 0.15) is 6.04 Å². The number of carbonyl (C=O) groups is 2. The van der Waals surface area contributed by atoms with E-state index in [1.807, 2.05) is 27.7 Å². The Labute approximate surface area is 133 Å². The molecule has 1 amide bonds. The molecule has 0 radical (unpaired) electrons. The quantitative estimate of drug-likeness (QED) is 0.730. The summed E-state index contributed by atoms with van der Waals surface area (Å²) < 4.78 is 0. The predicted octanol–water partition coefficient (Wildman–Crippen LogP) is 0.874. The molecule has 6 heteroatoms. The molecule has 0 aromatic heterocycles. The van der Waals surface area contributed by atoms with E-state index in [-0.39, 0.29) is 23.8 Å². The van der Waals surface area contributed by atoms with E-state index < -0.39 is 12.0 Å². The van der Waals surface area contributed by atoms with Crippen LogP contribution < -0.4 is 5.32 Å². The summed E-state index contributed by atoms with van der Waals surface area (Å²) in [5.74, 6) is -1.05. The van der Waals surface area contributed by atoms with E-state index in [0.717, 1.165) is 32.6 Å². The zero-order valence-corrected chi connectivity index (χ0v) is 14.5. The molecule has 3 atom stereocenters. The van der Waals surface area contributed by atoms with Crippen LogP contribution in [-0.4, -0.2) is 72.1 Å². The molecule has 1 saturated heterocycles. The number of amides is 1. The average Bonchev–Trinajstić information content (AvgIpc) is 2.45. The summed E-state index contributed by atoms with van der Waals surface area (Å²) in [6.07, 6.45) is 0.720. The van der Waals surface area contributed by atoms with Crippen molar-refractivity contribution in [3.05, 3.63) is 0 Å². The zero-order valence-electron chi connectivity index (χ0n) is 14.5. The Morgan fingerprint density at radius 3 is 2.09 bits per heavy atom. The van der Waals surface area contributed by atoms with Gasteiger partial charge >= 0.3 is 5.97 Å². The first kappa shape index (κ1) is 18.9. The fourth-order valence-corrected chi connectivity index (χ4v) is 2.91. The standard InChI is InChI=1S/C16H31N3O3/c1-6-12(4)13(16(21)22)17-15(20)14(11(2)3)19-9-7-18(5)8-10-19/h11-14H,6-10H2,1-5H3,(H,17,20)(H,21,22).